The molecule has 3 rings (SSSR count). The van der Waals surface area contributed by atoms with Crippen LogP contribution >= 0.6 is 0 Å². The second-order valence-corrected chi connectivity index (χ2v) is 6.17. The van der Waals surface area contributed by atoms with Gasteiger partial charge < -0.3 is 15.4 Å². The van der Waals surface area contributed by atoms with E-state index in [1.165, 1.54) is 0 Å². The lowest BCUT2D eigenvalue weighted by Gasteiger charge is -2.11. The molecule has 1 heterocycles. The number of urea groups is 1. The Balaban J connectivity index is 1.43. The van der Waals surface area contributed by atoms with E-state index in [4.69, 9.17) is 4.74 Å². The van der Waals surface area contributed by atoms with Crippen LogP contribution in [-0.2, 0) is 0 Å². The van der Waals surface area contributed by atoms with Crippen molar-refractivity contribution in [2.45, 2.75) is 13.8 Å². The van der Waals surface area contributed by atoms with E-state index < -0.39 is 0 Å². The average Bonchev–Trinajstić information content (AvgIpc) is 2.69. The quantitative estimate of drug-likeness (QED) is 0.651. The Labute approximate surface area is 158 Å². The minimum atomic E-state index is -0.266. The first-order chi connectivity index (χ1) is 13.1. The first-order valence-electron chi connectivity index (χ1n) is 8.76. The molecule has 0 radical (unpaired) electrons. The lowest BCUT2D eigenvalue weighted by molar-refractivity contribution is 0.246. The van der Waals surface area contributed by atoms with Crippen LogP contribution in [0.2, 0.25) is 0 Å². The van der Waals surface area contributed by atoms with Gasteiger partial charge in [-0.25, -0.2) is 4.79 Å². The Morgan fingerprint density at radius 3 is 2.56 bits per heavy atom. The SMILES string of the molecule is Cc1ccc(C)c(NC(=O)NCCOc2ccc(-c3ccccc3)nn2)c1. The van der Waals surface area contributed by atoms with Crippen molar-refractivity contribution in [1.82, 2.24) is 15.5 Å². The largest absolute Gasteiger partial charge is 0.475 e. The number of rotatable bonds is 6. The minimum absolute atomic E-state index is 0.266. The van der Waals surface area contributed by atoms with E-state index >= 15 is 0 Å². The van der Waals surface area contributed by atoms with E-state index in [1.54, 1.807) is 6.07 Å². The normalized spacial score (nSPS) is 10.3. The lowest BCUT2D eigenvalue weighted by Crippen LogP contribution is -2.32. The van der Waals surface area contributed by atoms with Gasteiger partial charge in [0, 0.05) is 17.3 Å². The Kier molecular flexibility index (Phi) is 5.99. The van der Waals surface area contributed by atoms with Gasteiger partial charge in [-0.2, -0.15) is 0 Å². The topological polar surface area (TPSA) is 76.1 Å². The highest BCUT2D eigenvalue weighted by Crippen LogP contribution is 2.17. The molecule has 138 valence electrons. The molecule has 0 unspecified atom stereocenters. The third kappa shape index (κ3) is 5.28. The van der Waals surface area contributed by atoms with Gasteiger partial charge in [0.25, 0.3) is 0 Å². The molecular formula is C21H22N4O2. The monoisotopic (exact) mass is 362 g/mol. The molecule has 0 aliphatic carbocycles. The standard InChI is InChI=1S/C21H22N4O2/c1-15-8-9-16(2)19(14-15)23-21(26)22-12-13-27-20-11-10-18(24-25-20)17-6-4-3-5-7-17/h3-11,14H,12-13H2,1-2H3,(H2,22,23,26). The fourth-order valence-electron chi connectivity index (χ4n) is 2.52. The van der Waals surface area contributed by atoms with Crippen molar-refractivity contribution in [3.05, 3.63) is 71.8 Å². The van der Waals surface area contributed by atoms with Crippen molar-refractivity contribution in [1.29, 1.82) is 0 Å². The zero-order valence-corrected chi connectivity index (χ0v) is 15.4. The number of hydrogen-bond donors (Lipinski definition) is 2. The van der Waals surface area contributed by atoms with Gasteiger partial charge in [0.1, 0.15) is 6.61 Å². The molecule has 0 atom stereocenters. The highest BCUT2D eigenvalue weighted by atomic mass is 16.5. The fraction of sp³-hybridized carbons (Fsp3) is 0.190. The molecule has 6 nitrogen and oxygen atoms in total. The van der Waals surface area contributed by atoms with Gasteiger partial charge in [0.05, 0.1) is 12.2 Å². The predicted molar refractivity (Wildman–Crippen MR) is 106 cm³/mol. The molecule has 1 aromatic heterocycles. The summed E-state index contributed by atoms with van der Waals surface area (Å²) >= 11 is 0. The maximum atomic E-state index is 12.0. The van der Waals surface area contributed by atoms with Gasteiger partial charge in [-0.05, 0) is 37.1 Å². The summed E-state index contributed by atoms with van der Waals surface area (Å²) in [4.78, 5) is 12.0. The van der Waals surface area contributed by atoms with Crippen LogP contribution in [-0.4, -0.2) is 29.4 Å². The smallest absolute Gasteiger partial charge is 0.319 e. The fourth-order valence-corrected chi connectivity index (χ4v) is 2.52. The van der Waals surface area contributed by atoms with Crippen LogP contribution in [0.3, 0.4) is 0 Å². The van der Waals surface area contributed by atoms with E-state index in [1.807, 2.05) is 68.4 Å². The molecule has 0 aliphatic rings. The molecule has 0 bridgehead atoms. The van der Waals surface area contributed by atoms with E-state index in [-0.39, 0.29) is 6.03 Å². The van der Waals surface area contributed by atoms with Crippen LogP contribution in [0.5, 0.6) is 5.88 Å². The molecule has 0 fully saturated rings. The zero-order chi connectivity index (χ0) is 19.1. The van der Waals surface area contributed by atoms with Crippen LogP contribution < -0.4 is 15.4 Å². The lowest BCUT2D eigenvalue weighted by atomic mass is 10.1. The molecule has 0 spiro atoms. The second kappa shape index (κ2) is 8.80. The van der Waals surface area contributed by atoms with Crippen molar-refractivity contribution in [3.8, 4) is 17.1 Å². The van der Waals surface area contributed by atoms with Gasteiger partial charge in [-0.1, -0.05) is 42.5 Å². The number of nitrogens with one attached hydrogen (secondary N) is 2. The highest BCUT2D eigenvalue weighted by molar-refractivity contribution is 5.90. The molecular weight excluding hydrogens is 340 g/mol. The summed E-state index contributed by atoms with van der Waals surface area (Å²) < 4.78 is 5.52. The number of carbonyl (C=O) groups excluding carboxylic acids is 1. The number of anilines is 1. The van der Waals surface area contributed by atoms with E-state index in [9.17, 15) is 4.79 Å². The van der Waals surface area contributed by atoms with Gasteiger partial charge in [0.2, 0.25) is 5.88 Å². The molecule has 0 saturated carbocycles. The van der Waals surface area contributed by atoms with Crippen molar-refractivity contribution in [2.75, 3.05) is 18.5 Å². The maximum Gasteiger partial charge on any atom is 0.319 e. The number of aromatic nitrogens is 2. The third-order valence-electron chi connectivity index (χ3n) is 3.99. The molecule has 2 amide bonds. The minimum Gasteiger partial charge on any atom is -0.475 e. The zero-order valence-electron chi connectivity index (χ0n) is 15.4. The Morgan fingerprint density at radius 1 is 1.00 bits per heavy atom. The number of amides is 2. The number of ether oxygens (including phenoxy) is 1. The summed E-state index contributed by atoms with van der Waals surface area (Å²) in [5, 5.41) is 13.8. The Bertz CT molecular complexity index is 896. The molecule has 0 aliphatic heterocycles. The summed E-state index contributed by atoms with van der Waals surface area (Å²) in [6.07, 6.45) is 0. The Morgan fingerprint density at radius 2 is 1.81 bits per heavy atom. The molecule has 6 heteroatoms. The summed E-state index contributed by atoms with van der Waals surface area (Å²) in [7, 11) is 0. The van der Waals surface area contributed by atoms with Crippen molar-refractivity contribution >= 4 is 11.7 Å². The molecule has 27 heavy (non-hydrogen) atoms. The summed E-state index contributed by atoms with van der Waals surface area (Å²) in [5.74, 6) is 0.423. The molecule has 2 aromatic carbocycles. The number of nitrogens with zero attached hydrogens (tertiary/aromatic N) is 2. The number of carbonyl (C=O) groups is 1. The van der Waals surface area contributed by atoms with Gasteiger partial charge in [-0.15, -0.1) is 10.2 Å². The second-order valence-electron chi connectivity index (χ2n) is 6.17. The van der Waals surface area contributed by atoms with E-state index in [2.05, 4.69) is 20.8 Å². The molecule has 0 saturated heterocycles. The predicted octanol–water partition coefficient (Wildman–Crippen LogP) is 3.96. The molecule has 3 aromatic rings. The van der Waals surface area contributed by atoms with E-state index in [0.717, 1.165) is 28.1 Å². The number of hydrogen-bond acceptors (Lipinski definition) is 4. The number of aryl methyl sites for hydroxylation is 2. The first-order valence-corrected chi connectivity index (χ1v) is 8.76. The third-order valence-corrected chi connectivity index (χ3v) is 3.99. The van der Waals surface area contributed by atoms with Crippen molar-refractivity contribution < 1.29 is 9.53 Å². The first kappa shape index (κ1) is 18.4. The summed E-state index contributed by atoms with van der Waals surface area (Å²) in [6, 6.07) is 19.1. The Hall–Kier alpha value is -3.41. The average molecular weight is 362 g/mol. The van der Waals surface area contributed by atoms with Crippen LogP contribution in [0, 0.1) is 13.8 Å². The maximum absolute atomic E-state index is 12.0. The number of benzene rings is 2. The van der Waals surface area contributed by atoms with Crippen LogP contribution in [0.25, 0.3) is 11.3 Å². The summed E-state index contributed by atoms with van der Waals surface area (Å²) in [5.41, 5.74) is 4.70. The van der Waals surface area contributed by atoms with Gasteiger partial charge in [-0.3, -0.25) is 0 Å². The van der Waals surface area contributed by atoms with Crippen molar-refractivity contribution in [3.63, 3.8) is 0 Å². The summed E-state index contributed by atoms with van der Waals surface area (Å²) in [6.45, 7) is 4.61. The van der Waals surface area contributed by atoms with Gasteiger partial charge in [0.15, 0.2) is 0 Å². The highest BCUT2D eigenvalue weighted by Gasteiger charge is 2.05. The molecule has 2 N–H and O–H groups in total. The van der Waals surface area contributed by atoms with Crippen LogP contribution in [0.15, 0.2) is 60.7 Å². The van der Waals surface area contributed by atoms with E-state index in [0.29, 0.717) is 19.0 Å². The van der Waals surface area contributed by atoms with Crippen molar-refractivity contribution in [2.24, 2.45) is 0 Å². The van der Waals surface area contributed by atoms with Crippen LogP contribution in [0.4, 0.5) is 10.5 Å². The van der Waals surface area contributed by atoms with Gasteiger partial charge >= 0.3 is 6.03 Å². The van der Waals surface area contributed by atoms with Crippen LogP contribution in [0.1, 0.15) is 11.1 Å².